The van der Waals surface area contributed by atoms with Gasteiger partial charge in [-0.2, -0.15) is 0 Å². The lowest BCUT2D eigenvalue weighted by Crippen LogP contribution is -2.15. The van der Waals surface area contributed by atoms with Crippen LogP contribution in [0.4, 0.5) is 0 Å². The van der Waals surface area contributed by atoms with Crippen molar-refractivity contribution >= 4 is 22.7 Å². The molecular weight excluding hydrogens is 308 g/mol. The molecule has 5 heteroatoms. The Kier molecular flexibility index (Phi) is 5.10. The van der Waals surface area contributed by atoms with E-state index in [1.54, 1.807) is 18.9 Å². The van der Waals surface area contributed by atoms with Crippen LogP contribution >= 0.6 is 11.8 Å². The predicted molar refractivity (Wildman–Crippen MR) is 94.8 cm³/mol. The minimum absolute atomic E-state index is 0.642. The second-order valence-electron chi connectivity index (χ2n) is 5.04. The lowest BCUT2D eigenvalue weighted by molar-refractivity contribution is 0.321. The summed E-state index contributed by atoms with van der Waals surface area (Å²) in [7, 11) is 3.61. The zero-order valence-electron chi connectivity index (χ0n) is 13.3. The van der Waals surface area contributed by atoms with E-state index in [0.29, 0.717) is 6.61 Å². The fourth-order valence-corrected chi connectivity index (χ4v) is 3.42. The molecule has 0 spiro atoms. The molecule has 0 bridgehead atoms. The standard InChI is InChI=1S/C18H20N2O2S/c1-19-10-11-22-15-8-5-6-13-17(12-20-18(13)15)23-16-9-4-3-7-14(16)21-2/h3-9,12,19-20H,10-11H2,1-2H3. The molecule has 0 radical (unpaired) electrons. The van der Waals surface area contributed by atoms with E-state index < -0.39 is 0 Å². The molecule has 0 fully saturated rings. The molecule has 2 aromatic carbocycles. The van der Waals surface area contributed by atoms with Crippen molar-refractivity contribution in [1.29, 1.82) is 0 Å². The number of para-hydroxylation sites is 2. The molecule has 3 rings (SSSR count). The van der Waals surface area contributed by atoms with E-state index in [9.17, 15) is 0 Å². The van der Waals surface area contributed by atoms with Crippen molar-refractivity contribution in [3.05, 3.63) is 48.7 Å². The molecule has 2 N–H and O–H groups in total. The number of hydrogen-bond acceptors (Lipinski definition) is 4. The topological polar surface area (TPSA) is 46.3 Å². The van der Waals surface area contributed by atoms with Crippen molar-refractivity contribution in [2.45, 2.75) is 9.79 Å². The maximum atomic E-state index is 5.84. The molecule has 1 heterocycles. The van der Waals surface area contributed by atoms with Gasteiger partial charge < -0.3 is 19.8 Å². The molecule has 120 valence electrons. The van der Waals surface area contributed by atoms with E-state index in [1.165, 1.54) is 0 Å². The van der Waals surface area contributed by atoms with Crippen LogP contribution in [0.25, 0.3) is 10.9 Å². The van der Waals surface area contributed by atoms with Crippen LogP contribution in [0.3, 0.4) is 0 Å². The summed E-state index contributed by atoms with van der Waals surface area (Å²) in [6.07, 6.45) is 2.02. The number of H-pyrrole nitrogens is 1. The smallest absolute Gasteiger partial charge is 0.143 e. The Bertz CT molecular complexity index is 786. The van der Waals surface area contributed by atoms with E-state index >= 15 is 0 Å². The van der Waals surface area contributed by atoms with Crippen molar-refractivity contribution in [3.63, 3.8) is 0 Å². The molecule has 0 aliphatic rings. The Labute approximate surface area is 140 Å². The molecule has 0 aliphatic heterocycles. The first kappa shape index (κ1) is 15.8. The molecule has 3 aromatic rings. The van der Waals surface area contributed by atoms with E-state index in [2.05, 4.69) is 22.4 Å². The first-order valence-electron chi connectivity index (χ1n) is 7.52. The fourth-order valence-electron chi connectivity index (χ4n) is 2.39. The summed E-state index contributed by atoms with van der Waals surface area (Å²) >= 11 is 1.69. The van der Waals surface area contributed by atoms with Crippen molar-refractivity contribution < 1.29 is 9.47 Å². The highest BCUT2D eigenvalue weighted by Crippen LogP contribution is 2.39. The molecule has 4 nitrogen and oxygen atoms in total. The Morgan fingerprint density at radius 3 is 2.70 bits per heavy atom. The summed E-state index contributed by atoms with van der Waals surface area (Å²) in [6, 6.07) is 14.2. The number of nitrogens with one attached hydrogen (secondary N) is 2. The number of methoxy groups -OCH3 is 1. The fraction of sp³-hybridized carbons (Fsp3) is 0.222. The maximum absolute atomic E-state index is 5.84. The summed E-state index contributed by atoms with van der Waals surface area (Å²) in [6.45, 7) is 1.46. The van der Waals surface area contributed by atoms with Gasteiger partial charge >= 0.3 is 0 Å². The van der Waals surface area contributed by atoms with Gasteiger partial charge in [-0.15, -0.1) is 0 Å². The number of aromatic nitrogens is 1. The number of ether oxygens (including phenoxy) is 2. The average Bonchev–Trinajstić information content (AvgIpc) is 3.00. The van der Waals surface area contributed by atoms with Crippen LogP contribution in [-0.2, 0) is 0 Å². The van der Waals surface area contributed by atoms with Crippen LogP contribution in [0.5, 0.6) is 11.5 Å². The van der Waals surface area contributed by atoms with Gasteiger partial charge in [0, 0.05) is 23.0 Å². The highest BCUT2D eigenvalue weighted by Gasteiger charge is 2.11. The Morgan fingerprint density at radius 2 is 1.87 bits per heavy atom. The Hall–Kier alpha value is -2.11. The highest BCUT2D eigenvalue weighted by atomic mass is 32.2. The minimum atomic E-state index is 0.642. The number of likely N-dealkylation sites (N-methyl/N-ethyl adjacent to an activating group) is 1. The van der Waals surface area contributed by atoms with Crippen LogP contribution in [0.2, 0.25) is 0 Å². The van der Waals surface area contributed by atoms with Gasteiger partial charge in [0.15, 0.2) is 0 Å². The van der Waals surface area contributed by atoms with E-state index in [1.807, 2.05) is 43.6 Å². The van der Waals surface area contributed by atoms with E-state index in [0.717, 1.165) is 38.7 Å². The van der Waals surface area contributed by atoms with Gasteiger partial charge in [-0.1, -0.05) is 36.0 Å². The van der Waals surface area contributed by atoms with Gasteiger partial charge in [0.05, 0.1) is 17.5 Å². The minimum Gasteiger partial charge on any atom is -0.496 e. The van der Waals surface area contributed by atoms with Crippen LogP contribution in [-0.4, -0.2) is 32.3 Å². The molecule has 0 saturated heterocycles. The molecule has 0 saturated carbocycles. The lowest BCUT2D eigenvalue weighted by atomic mass is 10.2. The van der Waals surface area contributed by atoms with Gasteiger partial charge in [0.2, 0.25) is 0 Å². The second-order valence-corrected chi connectivity index (χ2v) is 6.12. The quantitative estimate of drug-likeness (QED) is 0.645. The van der Waals surface area contributed by atoms with Gasteiger partial charge in [-0.3, -0.25) is 0 Å². The monoisotopic (exact) mass is 328 g/mol. The molecule has 0 unspecified atom stereocenters. The van der Waals surface area contributed by atoms with Crippen LogP contribution in [0.1, 0.15) is 0 Å². The molecule has 23 heavy (non-hydrogen) atoms. The van der Waals surface area contributed by atoms with Gasteiger partial charge in [-0.25, -0.2) is 0 Å². The van der Waals surface area contributed by atoms with Crippen molar-refractivity contribution in [2.75, 3.05) is 27.3 Å². The number of hydrogen-bond donors (Lipinski definition) is 2. The SMILES string of the molecule is CNCCOc1cccc2c(Sc3ccccc3OC)c[nH]c12. The third kappa shape index (κ3) is 3.46. The van der Waals surface area contributed by atoms with Gasteiger partial charge in [0.1, 0.15) is 18.1 Å². The zero-order chi connectivity index (χ0) is 16.1. The second kappa shape index (κ2) is 7.44. The first-order chi connectivity index (χ1) is 11.3. The van der Waals surface area contributed by atoms with Crippen molar-refractivity contribution in [3.8, 4) is 11.5 Å². The zero-order valence-corrected chi connectivity index (χ0v) is 14.1. The van der Waals surface area contributed by atoms with Crippen molar-refractivity contribution in [2.24, 2.45) is 0 Å². The summed E-state index contributed by atoms with van der Waals surface area (Å²) in [5, 5.41) is 4.24. The third-order valence-electron chi connectivity index (χ3n) is 3.54. The van der Waals surface area contributed by atoms with Crippen LogP contribution in [0.15, 0.2) is 58.5 Å². The molecule has 1 aromatic heterocycles. The third-order valence-corrected chi connectivity index (χ3v) is 4.65. The summed E-state index contributed by atoms with van der Waals surface area (Å²) in [4.78, 5) is 5.59. The molecule has 0 atom stereocenters. The van der Waals surface area contributed by atoms with E-state index in [-0.39, 0.29) is 0 Å². The van der Waals surface area contributed by atoms with Crippen LogP contribution < -0.4 is 14.8 Å². The van der Waals surface area contributed by atoms with Crippen LogP contribution in [0, 0.1) is 0 Å². The first-order valence-corrected chi connectivity index (χ1v) is 8.33. The van der Waals surface area contributed by atoms with Gasteiger partial charge in [0.25, 0.3) is 0 Å². The van der Waals surface area contributed by atoms with Crippen molar-refractivity contribution in [1.82, 2.24) is 10.3 Å². The number of aromatic amines is 1. The average molecular weight is 328 g/mol. The van der Waals surface area contributed by atoms with Gasteiger partial charge in [-0.05, 0) is 25.2 Å². The summed E-state index contributed by atoms with van der Waals surface area (Å²) in [5.41, 5.74) is 1.03. The number of fused-ring (bicyclic) bond motifs is 1. The highest BCUT2D eigenvalue weighted by molar-refractivity contribution is 7.99. The maximum Gasteiger partial charge on any atom is 0.143 e. The summed E-state index contributed by atoms with van der Waals surface area (Å²) < 4.78 is 11.3. The number of benzene rings is 2. The Balaban J connectivity index is 1.89. The molecule has 0 aliphatic carbocycles. The lowest BCUT2D eigenvalue weighted by Gasteiger charge is -2.08. The molecular formula is C18H20N2O2S. The number of rotatable bonds is 7. The normalized spacial score (nSPS) is 10.9. The van der Waals surface area contributed by atoms with E-state index in [4.69, 9.17) is 9.47 Å². The summed E-state index contributed by atoms with van der Waals surface area (Å²) in [5.74, 6) is 1.76. The predicted octanol–water partition coefficient (Wildman–Crippen LogP) is 3.93. The Morgan fingerprint density at radius 1 is 1.04 bits per heavy atom. The largest absolute Gasteiger partial charge is 0.496 e. The molecule has 0 amide bonds.